The molecule has 100 valence electrons. The fourth-order valence-electron chi connectivity index (χ4n) is 2.01. The quantitative estimate of drug-likeness (QED) is 0.647. The topological polar surface area (TPSA) is 38.8 Å². The molecule has 0 bridgehead atoms. The van der Waals surface area contributed by atoms with E-state index < -0.39 is 0 Å². The van der Waals surface area contributed by atoms with Crippen LogP contribution in [0.1, 0.15) is 6.42 Å². The monoisotopic (exact) mass is 242 g/mol. The van der Waals surface area contributed by atoms with Crippen LogP contribution in [-0.4, -0.2) is 87.6 Å². The third-order valence-corrected chi connectivity index (χ3v) is 3.37. The van der Waals surface area contributed by atoms with E-state index in [0.29, 0.717) is 12.5 Å². The van der Waals surface area contributed by atoms with E-state index in [4.69, 9.17) is 0 Å². The standard InChI is InChI=1S/C12H26N4O/c1-14(2)12(17)5-6-13-9-11-10-15(3)7-8-16(11)4/h11,13H,5-10H2,1-4H3. The number of carbonyl (C=O) groups excluding carboxylic acids is 1. The van der Waals surface area contributed by atoms with E-state index in [1.54, 1.807) is 19.0 Å². The number of hydrogen-bond donors (Lipinski definition) is 1. The summed E-state index contributed by atoms with van der Waals surface area (Å²) in [6, 6.07) is 0.559. The van der Waals surface area contributed by atoms with Gasteiger partial charge in [0, 0.05) is 59.3 Å². The van der Waals surface area contributed by atoms with E-state index in [9.17, 15) is 4.79 Å². The Hall–Kier alpha value is -0.650. The Labute approximate surface area is 105 Å². The zero-order valence-corrected chi connectivity index (χ0v) is 11.6. The fraction of sp³-hybridized carbons (Fsp3) is 0.917. The average molecular weight is 242 g/mol. The van der Waals surface area contributed by atoms with Crippen molar-refractivity contribution in [1.82, 2.24) is 20.0 Å². The molecule has 0 aliphatic carbocycles. The molecule has 1 saturated heterocycles. The van der Waals surface area contributed by atoms with Gasteiger partial charge in [0.25, 0.3) is 0 Å². The van der Waals surface area contributed by atoms with Crippen LogP contribution in [0.3, 0.4) is 0 Å². The maximum Gasteiger partial charge on any atom is 0.223 e. The summed E-state index contributed by atoms with van der Waals surface area (Å²) in [6.07, 6.45) is 0.583. The molecule has 0 spiro atoms. The van der Waals surface area contributed by atoms with Gasteiger partial charge in [-0.25, -0.2) is 0 Å². The minimum Gasteiger partial charge on any atom is -0.349 e. The summed E-state index contributed by atoms with van der Waals surface area (Å²) in [7, 11) is 7.93. The highest BCUT2D eigenvalue weighted by Crippen LogP contribution is 2.04. The smallest absolute Gasteiger partial charge is 0.223 e. The van der Waals surface area contributed by atoms with E-state index in [1.165, 1.54) is 0 Å². The molecular weight excluding hydrogens is 216 g/mol. The molecule has 1 aliphatic heterocycles. The SMILES string of the molecule is CN1CCN(C)C(CNCCC(=O)N(C)C)C1. The van der Waals surface area contributed by atoms with Gasteiger partial charge in [-0.1, -0.05) is 0 Å². The van der Waals surface area contributed by atoms with Crippen molar-refractivity contribution in [3.8, 4) is 0 Å². The van der Waals surface area contributed by atoms with Gasteiger partial charge < -0.3 is 15.1 Å². The van der Waals surface area contributed by atoms with E-state index in [2.05, 4.69) is 29.2 Å². The van der Waals surface area contributed by atoms with Gasteiger partial charge in [0.1, 0.15) is 0 Å². The van der Waals surface area contributed by atoms with E-state index >= 15 is 0 Å². The molecule has 1 aliphatic rings. The molecule has 1 unspecified atom stereocenters. The van der Waals surface area contributed by atoms with Crippen LogP contribution >= 0.6 is 0 Å². The van der Waals surface area contributed by atoms with Crippen molar-refractivity contribution < 1.29 is 4.79 Å². The number of hydrogen-bond acceptors (Lipinski definition) is 4. The lowest BCUT2D eigenvalue weighted by atomic mass is 10.2. The van der Waals surface area contributed by atoms with Crippen molar-refractivity contribution in [1.29, 1.82) is 0 Å². The summed E-state index contributed by atoms with van der Waals surface area (Å²) in [6.45, 7) is 5.10. The van der Waals surface area contributed by atoms with Crippen molar-refractivity contribution in [2.45, 2.75) is 12.5 Å². The van der Waals surface area contributed by atoms with Gasteiger partial charge in [-0.05, 0) is 14.1 Å². The first kappa shape index (κ1) is 14.4. The van der Waals surface area contributed by atoms with Gasteiger partial charge in [-0.2, -0.15) is 0 Å². The van der Waals surface area contributed by atoms with Crippen LogP contribution in [0.4, 0.5) is 0 Å². The summed E-state index contributed by atoms with van der Waals surface area (Å²) in [5.74, 6) is 0.187. The summed E-state index contributed by atoms with van der Waals surface area (Å²) >= 11 is 0. The molecule has 1 rings (SSSR count). The zero-order chi connectivity index (χ0) is 12.8. The maximum atomic E-state index is 11.4. The number of nitrogens with one attached hydrogen (secondary N) is 1. The molecule has 1 heterocycles. The van der Waals surface area contributed by atoms with E-state index in [1.807, 2.05) is 0 Å². The molecule has 17 heavy (non-hydrogen) atoms. The number of amides is 1. The van der Waals surface area contributed by atoms with Crippen LogP contribution in [-0.2, 0) is 4.79 Å². The van der Waals surface area contributed by atoms with Gasteiger partial charge in [0.05, 0.1) is 0 Å². The first-order valence-electron chi connectivity index (χ1n) is 6.30. The Kier molecular flexibility index (Phi) is 5.88. The molecule has 1 amide bonds. The number of piperazine rings is 1. The van der Waals surface area contributed by atoms with Crippen LogP contribution in [0.25, 0.3) is 0 Å². The predicted octanol–water partition coefficient (Wildman–Crippen LogP) is -0.700. The summed E-state index contributed by atoms with van der Waals surface area (Å²) in [5, 5.41) is 3.38. The molecule has 1 N–H and O–H groups in total. The minimum absolute atomic E-state index is 0.187. The molecule has 0 saturated carbocycles. The van der Waals surface area contributed by atoms with Crippen LogP contribution in [0.5, 0.6) is 0 Å². The van der Waals surface area contributed by atoms with E-state index in [-0.39, 0.29) is 5.91 Å². The number of nitrogens with zero attached hydrogens (tertiary/aromatic N) is 3. The highest BCUT2D eigenvalue weighted by atomic mass is 16.2. The third-order valence-electron chi connectivity index (χ3n) is 3.37. The Bertz CT molecular complexity index is 245. The normalized spacial score (nSPS) is 22.7. The van der Waals surface area contributed by atoms with Crippen LogP contribution < -0.4 is 5.32 Å². The first-order valence-corrected chi connectivity index (χ1v) is 6.30. The molecule has 5 heteroatoms. The summed E-state index contributed by atoms with van der Waals surface area (Å²) in [4.78, 5) is 17.8. The molecule has 1 fully saturated rings. The Morgan fingerprint density at radius 2 is 2.06 bits per heavy atom. The molecule has 5 nitrogen and oxygen atoms in total. The molecule has 0 aromatic heterocycles. The first-order chi connectivity index (χ1) is 8.00. The Morgan fingerprint density at radius 1 is 1.35 bits per heavy atom. The van der Waals surface area contributed by atoms with Gasteiger partial charge in [0.2, 0.25) is 5.91 Å². The summed E-state index contributed by atoms with van der Waals surface area (Å²) < 4.78 is 0. The van der Waals surface area contributed by atoms with Gasteiger partial charge in [-0.3, -0.25) is 9.69 Å². The highest BCUT2D eigenvalue weighted by Gasteiger charge is 2.21. The predicted molar refractivity (Wildman–Crippen MR) is 70.1 cm³/mol. The molecular formula is C12H26N4O. The lowest BCUT2D eigenvalue weighted by Crippen LogP contribution is -2.53. The maximum absolute atomic E-state index is 11.4. The number of rotatable bonds is 5. The lowest BCUT2D eigenvalue weighted by Gasteiger charge is -2.37. The third kappa shape index (κ3) is 5.02. The minimum atomic E-state index is 0.187. The second-order valence-corrected chi connectivity index (χ2v) is 5.14. The highest BCUT2D eigenvalue weighted by molar-refractivity contribution is 5.75. The molecule has 0 aromatic carbocycles. The lowest BCUT2D eigenvalue weighted by molar-refractivity contribution is -0.128. The number of likely N-dealkylation sites (N-methyl/N-ethyl adjacent to an activating group) is 2. The van der Waals surface area contributed by atoms with Crippen molar-refractivity contribution in [2.75, 3.05) is 60.9 Å². The fourth-order valence-corrected chi connectivity index (χ4v) is 2.01. The van der Waals surface area contributed by atoms with Gasteiger partial charge >= 0.3 is 0 Å². The number of carbonyl (C=O) groups is 1. The largest absolute Gasteiger partial charge is 0.349 e. The Morgan fingerprint density at radius 3 is 2.71 bits per heavy atom. The Balaban J connectivity index is 2.15. The van der Waals surface area contributed by atoms with Crippen molar-refractivity contribution in [2.24, 2.45) is 0 Å². The molecule has 1 atom stereocenters. The van der Waals surface area contributed by atoms with Crippen LogP contribution in [0.15, 0.2) is 0 Å². The van der Waals surface area contributed by atoms with Crippen LogP contribution in [0, 0.1) is 0 Å². The van der Waals surface area contributed by atoms with Gasteiger partial charge in [0.15, 0.2) is 0 Å². The second kappa shape index (κ2) is 6.93. The van der Waals surface area contributed by atoms with E-state index in [0.717, 1.165) is 32.7 Å². The van der Waals surface area contributed by atoms with Crippen molar-refractivity contribution in [3.63, 3.8) is 0 Å². The molecule has 0 radical (unpaired) electrons. The van der Waals surface area contributed by atoms with Crippen LogP contribution in [0.2, 0.25) is 0 Å². The second-order valence-electron chi connectivity index (χ2n) is 5.14. The average Bonchev–Trinajstić information content (AvgIpc) is 2.28. The van der Waals surface area contributed by atoms with Gasteiger partial charge in [-0.15, -0.1) is 0 Å². The summed E-state index contributed by atoms with van der Waals surface area (Å²) in [5.41, 5.74) is 0. The van der Waals surface area contributed by atoms with Crippen molar-refractivity contribution >= 4 is 5.91 Å². The molecule has 0 aromatic rings. The zero-order valence-electron chi connectivity index (χ0n) is 11.6. The van der Waals surface area contributed by atoms with Crippen molar-refractivity contribution in [3.05, 3.63) is 0 Å².